The molecular weight excluding hydrogens is 448 g/mol. The Bertz CT molecular complexity index is 545. The third-order valence-electron chi connectivity index (χ3n) is 3.80. The molecule has 0 unspecified atom stereocenters. The van der Waals surface area contributed by atoms with E-state index in [0.29, 0.717) is 24.5 Å². The molecule has 0 bridgehead atoms. The summed E-state index contributed by atoms with van der Waals surface area (Å²) in [5.41, 5.74) is 0.391. The highest BCUT2D eigenvalue weighted by atomic mass is 127. The summed E-state index contributed by atoms with van der Waals surface area (Å²) in [5, 5.41) is 6.25. The number of nitrogens with zero attached hydrogens (tertiary/aromatic N) is 2. The van der Waals surface area contributed by atoms with Gasteiger partial charge in [0.2, 0.25) is 0 Å². The Kier molecular flexibility index (Phi) is 10.1. The minimum Gasteiger partial charge on any atom is -0.379 e. The number of ether oxygens (including phenoxy) is 1. The first-order valence-electron chi connectivity index (χ1n) is 7.98. The third-order valence-corrected chi connectivity index (χ3v) is 3.80. The summed E-state index contributed by atoms with van der Waals surface area (Å²) in [5.74, 6) is -3.16. The highest BCUT2D eigenvalue weighted by Gasteiger charge is 2.11. The van der Waals surface area contributed by atoms with Crippen LogP contribution in [0.1, 0.15) is 5.56 Å². The molecule has 0 atom stereocenters. The van der Waals surface area contributed by atoms with Gasteiger partial charge in [-0.2, -0.15) is 0 Å². The van der Waals surface area contributed by atoms with Crippen molar-refractivity contribution < 1.29 is 17.9 Å². The summed E-state index contributed by atoms with van der Waals surface area (Å²) in [7, 11) is 1.65. The van der Waals surface area contributed by atoms with E-state index in [4.69, 9.17) is 4.74 Å². The van der Waals surface area contributed by atoms with Crippen LogP contribution < -0.4 is 10.6 Å². The summed E-state index contributed by atoms with van der Waals surface area (Å²) >= 11 is 0. The highest BCUT2D eigenvalue weighted by molar-refractivity contribution is 14.0. The van der Waals surface area contributed by atoms with Crippen molar-refractivity contribution >= 4 is 29.9 Å². The van der Waals surface area contributed by atoms with E-state index in [1.54, 1.807) is 7.05 Å². The van der Waals surface area contributed by atoms with Crippen molar-refractivity contribution in [2.75, 3.05) is 53.0 Å². The lowest BCUT2D eigenvalue weighted by Gasteiger charge is -2.26. The van der Waals surface area contributed by atoms with Gasteiger partial charge in [0, 0.05) is 39.8 Å². The van der Waals surface area contributed by atoms with Gasteiger partial charge in [0.15, 0.2) is 23.4 Å². The summed E-state index contributed by atoms with van der Waals surface area (Å²) in [6.07, 6.45) is 0.359. The molecule has 0 saturated carbocycles. The molecular formula is C16H24F3IN4O. The molecule has 1 saturated heterocycles. The normalized spacial score (nSPS) is 15.6. The number of rotatable bonds is 6. The zero-order valence-corrected chi connectivity index (χ0v) is 16.5. The fourth-order valence-corrected chi connectivity index (χ4v) is 2.46. The van der Waals surface area contributed by atoms with Gasteiger partial charge in [-0.25, -0.2) is 13.2 Å². The quantitative estimate of drug-likeness (QED) is 0.287. The molecule has 5 nitrogen and oxygen atoms in total. The number of morpholine rings is 1. The van der Waals surface area contributed by atoms with Crippen LogP contribution in [0.2, 0.25) is 0 Å². The summed E-state index contributed by atoms with van der Waals surface area (Å²) < 4.78 is 44.5. The van der Waals surface area contributed by atoms with E-state index in [1.807, 2.05) is 0 Å². The summed E-state index contributed by atoms with van der Waals surface area (Å²) in [6.45, 7) is 5.43. The molecule has 9 heteroatoms. The fourth-order valence-electron chi connectivity index (χ4n) is 2.46. The van der Waals surface area contributed by atoms with Crippen LogP contribution in [0, 0.1) is 17.5 Å². The molecule has 1 aliphatic heterocycles. The van der Waals surface area contributed by atoms with E-state index >= 15 is 0 Å². The Hall–Kier alpha value is -1.07. The number of guanidine groups is 1. The van der Waals surface area contributed by atoms with Crippen molar-refractivity contribution in [2.24, 2.45) is 4.99 Å². The molecule has 2 rings (SSSR count). The summed E-state index contributed by atoms with van der Waals surface area (Å²) in [6, 6.07) is 2.02. The van der Waals surface area contributed by atoms with Gasteiger partial charge in [0.25, 0.3) is 0 Å². The average Bonchev–Trinajstić information content (AvgIpc) is 2.59. The monoisotopic (exact) mass is 472 g/mol. The second-order valence-corrected chi connectivity index (χ2v) is 5.50. The Morgan fingerprint density at radius 1 is 1.12 bits per heavy atom. The molecule has 0 spiro atoms. The maximum atomic E-state index is 13.2. The number of aliphatic imine (C=N–C) groups is 1. The first kappa shape index (κ1) is 22.0. The fraction of sp³-hybridized carbons (Fsp3) is 0.562. The molecule has 0 aliphatic carbocycles. The molecule has 1 fully saturated rings. The van der Waals surface area contributed by atoms with Gasteiger partial charge in [-0.05, 0) is 24.1 Å². The third kappa shape index (κ3) is 7.37. The van der Waals surface area contributed by atoms with Crippen molar-refractivity contribution in [1.29, 1.82) is 0 Å². The van der Waals surface area contributed by atoms with Crippen molar-refractivity contribution in [1.82, 2.24) is 15.5 Å². The SMILES string of the molecule is CN=C(NCCc1cc(F)c(F)c(F)c1)NCCN1CCOCC1.I. The van der Waals surface area contributed by atoms with Crippen LogP contribution >= 0.6 is 24.0 Å². The van der Waals surface area contributed by atoms with Gasteiger partial charge >= 0.3 is 0 Å². The first-order chi connectivity index (χ1) is 11.6. The van der Waals surface area contributed by atoms with Gasteiger partial charge in [-0.15, -0.1) is 24.0 Å². The van der Waals surface area contributed by atoms with Crippen molar-refractivity contribution in [2.45, 2.75) is 6.42 Å². The molecule has 25 heavy (non-hydrogen) atoms. The molecule has 2 N–H and O–H groups in total. The van der Waals surface area contributed by atoms with Crippen molar-refractivity contribution in [3.05, 3.63) is 35.1 Å². The Morgan fingerprint density at radius 2 is 1.72 bits per heavy atom. The predicted octanol–water partition coefficient (Wildman–Crippen LogP) is 1.76. The Morgan fingerprint density at radius 3 is 2.32 bits per heavy atom. The summed E-state index contributed by atoms with van der Waals surface area (Å²) in [4.78, 5) is 6.39. The topological polar surface area (TPSA) is 48.9 Å². The van der Waals surface area contributed by atoms with Crippen LogP contribution in [0.5, 0.6) is 0 Å². The Balaban J connectivity index is 0.00000312. The minimum atomic E-state index is -1.44. The second kappa shape index (κ2) is 11.5. The van der Waals surface area contributed by atoms with Crippen molar-refractivity contribution in [3.63, 3.8) is 0 Å². The zero-order valence-electron chi connectivity index (χ0n) is 14.2. The predicted molar refractivity (Wildman–Crippen MR) is 102 cm³/mol. The number of nitrogens with one attached hydrogen (secondary N) is 2. The lowest BCUT2D eigenvalue weighted by molar-refractivity contribution is 0.0389. The average molecular weight is 472 g/mol. The van der Waals surface area contributed by atoms with Crippen LogP contribution in [0.3, 0.4) is 0 Å². The zero-order chi connectivity index (χ0) is 17.4. The van der Waals surface area contributed by atoms with E-state index in [1.165, 1.54) is 0 Å². The van der Waals surface area contributed by atoms with Crippen LogP contribution in [0.4, 0.5) is 13.2 Å². The van der Waals surface area contributed by atoms with E-state index in [0.717, 1.165) is 51.5 Å². The maximum absolute atomic E-state index is 13.2. The number of hydrogen-bond acceptors (Lipinski definition) is 3. The van der Waals surface area contributed by atoms with Gasteiger partial charge in [0.1, 0.15) is 0 Å². The molecule has 0 radical (unpaired) electrons. The lowest BCUT2D eigenvalue weighted by Crippen LogP contribution is -2.44. The molecule has 1 aliphatic rings. The van der Waals surface area contributed by atoms with Crippen LogP contribution in [0.15, 0.2) is 17.1 Å². The Labute approximate surface area is 163 Å². The van der Waals surface area contributed by atoms with Gasteiger partial charge in [-0.3, -0.25) is 9.89 Å². The first-order valence-corrected chi connectivity index (χ1v) is 7.98. The molecule has 1 heterocycles. The minimum absolute atomic E-state index is 0. The molecule has 142 valence electrons. The van der Waals surface area contributed by atoms with Crippen molar-refractivity contribution in [3.8, 4) is 0 Å². The van der Waals surface area contributed by atoms with E-state index < -0.39 is 17.5 Å². The molecule has 1 aromatic rings. The number of benzene rings is 1. The van der Waals surface area contributed by atoms with Crippen LogP contribution in [0.25, 0.3) is 0 Å². The highest BCUT2D eigenvalue weighted by Crippen LogP contribution is 2.13. The largest absolute Gasteiger partial charge is 0.379 e. The van der Waals surface area contributed by atoms with Gasteiger partial charge < -0.3 is 15.4 Å². The number of hydrogen-bond donors (Lipinski definition) is 2. The van der Waals surface area contributed by atoms with E-state index in [2.05, 4.69) is 20.5 Å². The molecule has 0 amide bonds. The van der Waals surface area contributed by atoms with E-state index in [-0.39, 0.29) is 24.0 Å². The van der Waals surface area contributed by atoms with Crippen LogP contribution in [-0.2, 0) is 11.2 Å². The maximum Gasteiger partial charge on any atom is 0.194 e. The lowest BCUT2D eigenvalue weighted by atomic mass is 10.1. The van der Waals surface area contributed by atoms with Gasteiger partial charge in [-0.1, -0.05) is 0 Å². The number of halogens is 4. The molecule has 0 aromatic heterocycles. The smallest absolute Gasteiger partial charge is 0.194 e. The van der Waals surface area contributed by atoms with E-state index in [9.17, 15) is 13.2 Å². The van der Waals surface area contributed by atoms with Gasteiger partial charge in [0.05, 0.1) is 13.2 Å². The molecule has 1 aromatic carbocycles. The second-order valence-electron chi connectivity index (χ2n) is 5.50. The van der Waals surface area contributed by atoms with Crippen LogP contribution in [-0.4, -0.2) is 63.8 Å². The standard InChI is InChI=1S/C16H23F3N4O.HI/c1-20-16(22-4-5-23-6-8-24-9-7-23)21-3-2-12-10-13(17)15(19)14(18)11-12;/h10-11H,2-9H2,1H3,(H2,20,21,22);1H.